The molecule has 0 aliphatic carbocycles. The molecule has 0 aromatic heterocycles. The first kappa shape index (κ1) is 35.8. The van der Waals surface area contributed by atoms with Crippen LogP contribution in [0, 0.1) is 0 Å². The fraction of sp³-hybridized carbons (Fsp3) is 0. The molecular weight excluding hydrogens is 606 g/mol. The minimum absolute atomic E-state index is 0. The van der Waals surface area contributed by atoms with Crippen molar-refractivity contribution in [3.05, 3.63) is 96.1 Å². The van der Waals surface area contributed by atoms with Gasteiger partial charge in [0.1, 0.15) is 21.6 Å². The van der Waals surface area contributed by atoms with Gasteiger partial charge in [0.2, 0.25) is 0 Å². The van der Waals surface area contributed by atoms with Crippen molar-refractivity contribution in [3.63, 3.8) is 0 Å². The van der Waals surface area contributed by atoms with Crippen LogP contribution in [0.2, 0.25) is 0 Å². The van der Waals surface area contributed by atoms with Gasteiger partial charge in [0.15, 0.2) is 0 Å². The van der Waals surface area contributed by atoms with Crippen molar-refractivity contribution < 1.29 is 96.9 Å². The van der Waals surface area contributed by atoms with Gasteiger partial charge in [0, 0.05) is 4.90 Å². The Labute approximate surface area is 289 Å². The molecule has 4 aromatic rings. The zero-order valence-electron chi connectivity index (χ0n) is 22.2. The molecule has 0 saturated heterocycles. The smallest absolute Gasteiger partial charge is 0.744 e. The van der Waals surface area contributed by atoms with E-state index in [-0.39, 0.29) is 81.9 Å². The van der Waals surface area contributed by atoms with Gasteiger partial charge < -0.3 is 20.0 Å². The normalized spacial score (nSPS) is 11.6. The van der Waals surface area contributed by atoms with Crippen molar-refractivity contribution in [1.29, 1.82) is 0 Å². The number of phenolic OH excluding ortho intramolecular Hbond substituents is 2. The van der Waals surface area contributed by atoms with Crippen LogP contribution in [0.15, 0.2) is 115 Å². The van der Waals surface area contributed by atoms with Gasteiger partial charge in [0.25, 0.3) is 0 Å². The van der Waals surface area contributed by atoms with E-state index in [1.807, 2.05) is 0 Å². The Bertz CT molecular complexity index is 1690. The van der Waals surface area contributed by atoms with Gasteiger partial charge in [-0.25, -0.2) is 8.42 Å². The molecule has 12 nitrogen and oxygen atoms in total. The van der Waals surface area contributed by atoms with Gasteiger partial charge in [0.05, 0.1) is 39.7 Å². The van der Waals surface area contributed by atoms with E-state index in [1.165, 1.54) is 60.7 Å². The monoisotopic (exact) mass is 624 g/mol. The standard InChI is InChI=1S/C26H20N4O8S2.2Na/c31-23-11-7-19(8-12-23)27-29-21-5-3-17(25(15-21)39-38-37-33)1-2-18-4-6-22(16-26(18)40(34,35)36)30-28-20-9-13-24(32)14-10-20;;/h1-16,31-33H,(H,34,35,36);;/q;2*+1/p-2. The van der Waals surface area contributed by atoms with Crippen molar-refractivity contribution in [2.75, 3.05) is 0 Å². The molecule has 0 atom stereocenters. The van der Waals surface area contributed by atoms with Crippen LogP contribution < -0.4 is 64.4 Å². The first-order valence-electron chi connectivity index (χ1n) is 11.2. The molecule has 0 aliphatic rings. The number of nitrogens with zero attached hydrogens (tertiary/aromatic N) is 4. The Morgan fingerprint density at radius 3 is 1.60 bits per heavy atom. The molecular formula is C26H18N4Na2O8S2. The second-order valence-corrected chi connectivity index (χ2v) is 9.97. The number of hydrogen-bond donors (Lipinski definition) is 2. The Morgan fingerprint density at radius 1 is 0.667 bits per heavy atom. The summed E-state index contributed by atoms with van der Waals surface area (Å²) in [5.41, 5.74) is 2.00. The Hall–Kier alpha value is -2.44. The maximum atomic E-state index is 12.0. The summed E-state index contributed by atoms with van der Waals surface area (Å²) < 4.78 is 40.4. The number of aromatic hydroxyl groups is 2. The van der Waals surface area contributed by atoms with Crippen LogP contribution >= 0.6 is 12.0 Å². The van der Waals surface area contributed by atoms with E-state index in [9.17, 15) is 28.4 Å². The summed E-state index contributed by atoms with van der Waals surface area (Å²) >= 11 is 0.594. The van der Waals surface area contributed by atoms with Crippen LogP contribution in [0.5, 0.6) is 11.5 Å². The number of hydrogen-bond acceptors (Lipinski definition) is 13. The molecule has 16 heteroatoms. The van der Waals surface area contributed by atoms with Gasteiger partial charge in [-0.3, -0.25) is 5.04 Å². The van der Waals surface area contributed by atoms with Crippen LogP contribution in [0.1, 0.15) is 11.1 Å². The number of rotatable bonds is 10. The summed E-state index contributed by atoms with van der Waals surface area (Å²) in [7, 11) is -4.89. The van der Waals surface area contributed by atoms with Crippen molar-refractivity contribution in [3.8, 4) is 11.5 Å². The van der Waals surface area contributed by atoms with Crippen LogP contribution in [-0.4, -0.2) is 23.2 Å². The summed E-state index contributed by atoms with van der Waals surface area (Å²) in [4.78, 5) is -0.140. The van der Waals surface area contributed by atoms with Gasteiger partial charge in [-0.15, -0.1) is 0 Å². The molecule has 0 heterocycles. The number of azo groups is 2. The van der Waals surface area contributed by atoms with E-state index in [0.29, 0.717) is 39.6 Å². The maximum Gasteiger partial charge on any atom is 1.00 e. The van der Waals surface area contributed by atoms with Crippen LogP contribution in [-0.2, 0) is 19.5 Å². The molecule has 4 rings (SSSR count). The van der Waals surface area contributed by atoms with Gasteiger partial charge in [-0.1, -0.05) is 24.3 Å². The fourth-order valence-corrected chi connectivity index (χ4v) is 4.43. The summed E-state index contributed by atoms with van der Waals surface area (Å²) in [5, 5.41) is 48.7. The number of phenols is 2. The molecule has 42 heavy (non-hydrogen) atoms. The molecule has 0 unspecified atom stereocenters. The van der Waals surface area contributed by atoms with E-state index in [4.69, 9.17) is 0 Å². The van der Waals surface area contributed by atoms with Crippen LogP contribution in [0.25, 0.3) is 12.2 Å². The van der Waals surface area contributed by atoms with Gasteiger partial charge in [-0.05, 0) is 83.9 Å². The zero-order valence-corrected chi connectivity index (χ0v) is 27.8. The predicted octanol–water partition coefficient (Wildman–Crippen LogP) is 0.242. The third-order valence-corrected chi connectivity index (χ3v) is 6.67. The van der Waals surface area contributed by atoms with Gasteiger partial charge >= 0.3 is 59.1 Å². The largest absolute Gasteiger partial charge is 1.00 e. The van der Waals surface area contributed by atoms with Gasteiger partial charge in [-0.2, -0.15) is 24.8 Å². The Kier molecular flexibility index (Phi) is 14.5. The fourth-order valence-electron chi connectivity index (χ4n) is 3.23. The summed E-state index contributed by atoms with van der Waals surface area (Å²) in [6.07, 6.45) is 2.92. The molecule has 0 amide bonds. The molecule has 0 bridgehead atoms. The maximum absolute atomic E-state index is 12.0. The quantitative estimate of drug-likeness (QED) is 0.0474. The Morgan fingerprint density at radius 2 is 1.10 bits per heavy atom. The van der Waals surface area contributed by atoms with E-state index in [1.54, 1.807) is 30.3 Å². The van der Waals surface area contributed by atoms with E-state index >= 15 is 0 Å². The van der Waals surface area contributed by atoms with Crippen LogP contribution in [0.4, 0.5) is 22.7 Å². The number of benzene rings is 4. The molecule has 2 N–H and O–H groups in total. The average Bonchev–Trinajstić information content (AvgIpc) is 2.94. The first-order valence-corrected chi connectivity index (χ1v) is 13.3. The second-order valence-electron chi connectivity index (χ2n) is 7.88. The molecule has 0 fully saturated rings. The zero-order chi connectivity index (χ0) is 28.5. The molecule has 4 aromatic carbocycles. The average molecular weight is 625 g/mol. The predicted molar refractivity (Wildman–Crippen MR) is 142 cm³/mol. The minimum Gasteiger partial charge on any atom is -0.744 e. The summed E-state index contributed by atoms with van der Waals surface area (Å²) in [6, 6.07) is 20.7. The third kappa shape index (κ3) is 10.7. The van der Waals surface area contributed by atoms with E-state index in [0.717, 1.165) is 6.07 Å². The van der Waals surface area contributed by atoms with E-state index in [2.05, 4.69) is 29.8 Å². The summed E-state index contributed by atoms with van der Waals surface area (Å²) in [6.45, 7) is 0. The minimum atomic E-state index is -4.89. The summed E-state index contributed by atoms with van der Waals surface area (Å²) in [5.74, 6) is 0.140. The molecule has 204 valence electrons. The molecule has 0 radical (unpaired) electrons. The van der Waals surface area contributed by atoms with E-state index < -0.39 is 15.0 Å². The second kappa shape index (κ2) is 17.0. The topological polar surface area (TPSA) is 189 Å². The molecule has 0 spiro atoms. The van der Waals surface area contributed by atoms with Crippen LogP contribution in [0.3, 0.4) is 0 Å². The first-order chi connectivity index (χ1) is 19.2. The Balaban J connectivity index is 0.00000308. The molecule has 0 aliphatic heterocycles. The van der Waals surface area contributed by atoms with Crippen molar-refractivity contribution >= 4 is 57.1 Å². The SMILES string of the molecule is O=S(=O)([O-])c1cc(N=Nc2ccc(O)cc2)ccc1C=Cc1ccc(N=Nc2ccc(O)cc2)cc1SOO[O-].[Na+].[Na+]. The molecule has 0 saturated carbocycles. The van der Waals surface area contributed by atoms with Crippen molar-refractivity contribution in [2.24, 2.45) is 20.5 Å². The van der Waals surface area contributed by atoms with Crippen molar-refractivity contribution in [2.45, 2.75) is 9.79 Å². The third-order valence-electron chi connectivity index (χ3n) is 5.12. The van der Waals surface area contributed by atoms with Crippen molar-refractivity contribution in [1.82, 2.24) is 0 Å².